The molecule has 118 valence electrons. The van der Waals surface area contributed by atoms with Gasteiger partial charge in [-0.3, -0.25) is 4.79 Å². The number of benzene rings is 1. The summed E-state index contributed by atoms with van der Waals surface area (Å²) in [6, 6.07) is 4.46. The number of methoxy groups -OCH3 is 1. The number of carbonyl (C=O) groups is 1. The van der Waals surface area contributed by atoms with Crippen molar-refractivity contribution in [3.8, 4) is 0 Å². The summed E-state index contributed by atoms with van der Waals surface area (Å²) in [5.74, 6) is 0.368. The van der Waals surface area contributed by atoms with Crippen molar-refractivity contribution in [1.82, 2.24) is 0 Å². The van der Waals surface area contributed by atoms with E-state index in [1.807, 2.05) is 6.92 Å². The van der Waals surface area contributed by atoms with Crippen molar-refractivity contribution in [2.45, 2.75) is 59.8 Å². The van der Waals surface area contributed by atoms with Gasteiger partial charge in [-0.1, -0.05) is 39.8 Å². The summed E-state index contributed by atoms with van der Waals surface area (Å²) in [6.07, 6.45) is 1.33. The van der Waals surface area contributed by atoms with E-state index in [9.17, 15) is 4.79 Å². The van der Waals surface area contributed by atoms with Crippen LogP contribution in [0.25, 0.3) is 0 Å². The lowest BCUT2D eigenvalue weighted by molar-refractivity contribution is -0.122. The van der Waals surface area contributed by atoms with Crippen molar-refractivity contribution in [2.24, 2.45) is 5.92 Å². The van der Waals surface area contributed by atoms with Crippen LogP contribution in [0.5, 0.6) is 0 Å². The van der Waals surface area contributed by atoms with Gasteiger partial charge in [0, 0.05) is 26.1 Å². The van der Waals surface area contributed by atoms with Crippen LogP contribution in [0.4, 0.5) is 0 Å². The molecule has 1 aromatic carbocycles. The van der Waals surface area contributed by atoms with Crippen molar-refractivity contribution in [3.63, 3.8) is 0 Å². The second-order valence-corrected chi connectivity index (χ2v) is 7.16. The molecule has 0 radical (unpaired) electrons. The minimum atomic E-state index is 0.0612. The Labute approximate surface area is 129 Å². The van der Waals surface area contributed by atoms with Gasteiger partial charge in [-0.2, -0.15) is 0 Å². The maximum absolute atomic E-state index is 12.3. The van der Waals surface area contributed by atoms with Crippen LogP contribution in [-0.4, -0.2) is 19.5 Å². The molecule has 0 fully saturated rings. The molecule has 0 amide bonds. The monoisotopic (exact) mass is 290 g/mol. The van der Waals surface area contributed by atoms with E-state index in [1.165, 1.54) is 22.3 Å². The lowest BCUT2D eigenvalue weighted by Gasteiger charge is -2.22. The van der Waals surface area contributed by atoms with Crippen LogP contribution >= 0.6 is 0 Å². The largest absolute Gasteiger partial charge is 0.385 e. The zero-order valence-electron chi connectivity index (χ0n) is 14.7. The van der Waals surface area contributed by atoms with Gasteiger partial charge in [0.15, 0.2) is 0 Å². The van der Waals surface area contributed by atoms with Crippen molar-refractivity contribution in [1.29, 1.82) is 0 Å². The van der Waals surface area contributed by atoms with Crippen molar-refractivity contribution in [3.05, 3.63) is 34.4 Å². The van der Waals surface area contributed by atoms with E-state index >= 15 is 0 Å². The van der Waals surface area contributed by atoms with Gasteiger partial charge in [-0.05, 0) is 47.9 Å². The number of ketones is 1. The van der Waals surface area contributed by atoms with E-state index in [0.717, 1.165) is 6.42 Å². The summed E-state index contributed by atoms with van der Waals surface area (Å²) in [5, 5.41) is 0. The molecule has 0 saturated carbocycles. The van der Waals surface area contributed by atoms with Gasteiger partial charge in [0.1, 0.15) is 5.78 Å². The zero-order valence-corrected chi connectivity index (χ0v) is 14.7. The van der Waals surface area contributed by atoms with Gasteiger partial charge in [-0.25, -0.2) is 0 Å². The number of aryl methyl sites for hydroxylation is 2. The first kappa shape index (κ1) is 17.9. The number of rotatable bonds is 6. The number of hydrogen-bond acceptors (Lipinski definition) is 2. The summed E-state index contributed by atoms with van der Waals surface area (Å²) in [5.41, 5.74) is 5.13. The summed E-state index contributed by atoms with van der Waals surface area (Å²) in [6.45, 7) is 13.5. The molecule has 1 unspecified atom stereocenters. The number of hydrogen-bond donors (Lipinski definition) is 0. The third-order valence-electron chi connectivity index (χ3n) is 4.22. The van der Waals surface area contributed by atoms with Crippen molar-refractivity contribution >= 4 is 5.78 Å². The molecular formula is C19H30O2. The van der Waals surface area contributed by atoms with E-state index in [2.05, 4.69) is 46.8 Å². The molecule has 0 bridgehead atoms. The standard InChI is InChI=1S/C19H30O2/c1-13(8-9-21-7)18(20)12-17-14(2)10-16(11-15(17)3)19(4,5)6/h10-11,13H,8-9,12H2,1-7H3. The highest BCUT2D eigenvalue weighted by Gasteiger charge is 2.19. The Bertz CT molecular complexity index is 472. The molecule has 1 rings (SSSR count). The molecule has 0 heterocycles. The normalized spacial score (nSPS) is 13.3. The Balaban J connectivity index is 2.92. The molecule has 21 heavy (non-hydrogen) atoms. The van der Waals surface area contributed by atoms with E-state index < -0.39 is 0 Å². The Hall–Kier alpha value is -1.15. The Morgan fingerprint density at radius 1 is 1.19 bits per heavy atom. The smallest absolute Gasteiger partial charge is 0.140 e. The average Bonchev–Trinajstić information content (AvgIpc) is 2.38. The fraction of sp³-hybridized carbons (Fsp3) is 0.632. The fourth-order valence-corrected chi connectivity index (χ4v) is 2.51. The lowest BCUT2D eigenvalue weighted by Crippen LogP contribution is -2.18. The molecule has 2 heteroatoms. The molecule has 0 N–H and O–H groups in total. The van der Waals surface area contributed by atoms with Gasteiger partial charge in [0.25, 0.3) is 0 Å². The van der Waals surface area contributed by atoms with Gasteiger partial charge in [-0.15, -0.1) is 0 Å². The third kappa shape index (κ3) is 4.96. The summed E-state index contributed by atoms with van der Waals surface area (Å²) < 4.78 is 5.06. The molecule has 2 nitrogen and oxygen atoms in total. The maximum Gasteiger partial charge on any atom is 0.140 e. The predicted octanol–water partition coefficient (Wildman–Crippen LogP) is 4.39. The van der Waals surface area contributed by atoms with Crippen LogP contribution in [0.1, 0.15) is 56.4 Å². The topological polar surface area (TPSA) is 26.3 Å². The molecule has 1 atom stereocenters. The Morgan fingerprint density at radius 3 is 2.14 bits per heavy atom. The molecule has 0 aliphatic heterocycles. The molecule has 1 aromatic rings. The van der Waals surface area contributed by atoms with E-state index in [-0.39, 0.29) is 11.3 Å². The zero-order chi connectivity index (χ0) is 16.2. The number of Topliss-reactive ketones (excluding diaryl/α,β-unsaturated/α-hetero) is 1. The first-order valence-corrected chi connectivity index (χ1v) is 7.79. The Kier molecular flexibility index (Phi) is 6.15. The van der Waals surface area contributed by atoms with E-state index in [0.29, 0.717) is 18.8 Å². The van der Waals surface area contributed by atoms with Gasteiger partial charge in [0.05, 0.1) is 0 Å². The summed E-state index contributed by atoms with van der Waals surface area (Å²) in [4.78, 5) is 12.3. The van der Waals surface area contributed by atoms with Crippen LogP contribution in [0, 0.1) is 19.8 Å². The van der Waals surface area contributed by atoms with E-state index in [4.69, 9.17) is 4.74 Å². The summed E-state index contributed by atoms with van der Waals surface area (Å²) in [7, 11) is 1.68. The second kappa shape index (κ2) is 7.22. The van der Waals surface area contributed by atoms with Crippen LogP contribution in [0.3, 0.4) is 0 Å². The molecule has 0 aliphatic carbocycles. The number of carbonyl (C=O) groups excluding carboxylic acids is 1. The predicted molar refractivity (Wildman–Crippen MR) is 89.0 cm³/mol. The van der Waals surface area contributed by atoms with Gasteiger partial charge >= 0.3 is 0 Å². The third-order valence-corrected chi connectivity index (χ3v) is 4.22. The first-order chi connectivity index (χ1) is 9.66. The molecule has 0 aliphatic rings. The molecule has 0 saturated heterocycles. The molecular weight excluding hydrogens is 260 g/mol. The number of ether oxygens (including phenoxy) is 1. The first-order valence-electron chi connectivity index (χ1n) is 7.79. The second-order valence-electron chi connectivity index (χ2n) is 7.16. The summed E-state index contributed by atoms with van der Waals surface area (Å²) >= 11 is 0. The maximum atomic E-state index is 12.3. The average molecular weight is 290 g/mol. The van der Waals surface area contributed by atoms with Crippen molar-refractivity contribution in [2.75, 3.05) is 13.7 Å². The molecule has 0 spiro atoms. The lowest BCUT2D eigenvalue weighted by atomic mass is 9.82. The Morgan fingerprint density at radius 2 is 1.71 bits per heavy atom. The van der Waals surface area contributed by atoms with Crippen LogP contribution in [0.2, 0.25) is 0 Å². The van der Waals surface area contributed by atoms with E-state index in [1.54, 1.807) is 7.11 Å². The quantitative estimate of drug-likeness (QED) is 0.777. The highest BCUT2D eigenvalue weighted by atomic mass is 16.5. The van der Waals surface area contributed by atoms with Gasteiger partial charge in [0.2, 0.25) is 0 Å². The van der Waals surface area contributed by atoms with Gasteiger partial charge < -0.3 is 4.74 Å². The van der Waals surface area contributed by atoms with Crippen LogP contribution < -0.4 is 0 Å². The minimum Gasteiger partial charge on any atom is -0.385 e. The van der Waals surface area contributed by atoms with Crippen molar-refractivity contribution < 1.29 is 9.53 Å². The highest BCUT2D eigenvalue weighted by molar-refractivity contribution is 5.83. The van der Waals surface area contributed by atoms with Crippen LogP contribution in [-0.2, 0) is 21.4 Å². The fourth-order valence-electron chi connectivity index (χ4n) is 2.51. The highest BCUT2D eigenvalue weighted by Crippen LogP contribution is 2.27. The molecule has 0 aromatic heterocycles. The minimum absolute atomic E-state index is 0.0612. The SMILES string of the molecule is COCCC(C)C(=O)Cc1c(C)cc(C(C)(C)C)cc1C. The van der Waals surface area contributed by atoms with Crippen LogP contribution in [0.15, 0.2) is 12.1 Å².